The summed E-state index contributed by atoms with van der Waals surface area (Å²) in [6.45, 7) is 0. The number of hydrazone groups is 1. The molecule has 4 aliphatic rings. The Bertz CT molecular complexity index is 1100. The van der Waals surface area contributed by atoms with Gasteiger partial charge in [-0.1, -0.05) is 48.5 Å². The Morgan fingerprint density at radius 3 is 1.69 bits per heavy atom. The van der Waals surface area contributed by atoms with Crippen LogP contribution in [0.15, 0.2) is 70.2 Å². The molecule has 0 N–H and O–H groups in total. The van der Waals surface area contributed by atoms with Crippen molar-refractivity contribution >= 4 is 40.6 Å². The van der Waals surface area contributed by atoms with Gasteiger partial charge in [0, 0.05) is 11.8 Å². The number of carbonyl (C=O) groups is 2. The summed E-state index contributed by atoms with van der Waals surface area (Å²) in [5.41, 5.74) is 4.63. The van der Waals surface area contributed by atoms with Crippen LogP contribution in [-0.2, 0) is 9.59 Å². The van der Waals surface area contributed by atoms with Gasteiger partial charge in [-0.25, -0.2) is 0 Å². The van der Waals surface area contributed by atoms with Crippen LogP contribution in [-0.4, -0.2) is 23.0 Å². The van der Waals surface area contributed by atoms with Crippen LogP contribution in [0.3, 0.4) is 0 Å². The van der Waals surface area contributed by atoms with Crippen molar-refractivity contribution < 1.29 is 14.0 Å². The first-order valence-corrected chi connectivity index (χ1v) is 10.6. The molecule has 6 heteroatoms. The molecule has 1 aromatic heterocycles. The molecule has 2 heterocycles. The molecule has 29 heavy (non-hydrogen) atoms. The van der Waals surface area contributed by atoms with Crippen molar-refractivity contribution in [2.45, 2.75) is 11.8 Å². The number of furan rings is 1. The minimum atomic E-state index is -0.411. The second-order valence-corrected chi connectivity index (χ2v) is 8.70. The van der Waals surface area contributed by atoms with Crippen molar-refractivity contribution in [3.05, 3.63) is 92.4 Å². The van der Waals surface area contributed by atoms with Crippen LogP contribution in [0.1, 0.15) is 39.8 Å². The molecule has 7 rings (SSSR count). The summed E-state index contributed by atoms with van der Waals surface area (Å²) in [5.74, 6) is -0.984. The Hall–Kier alpha value is -2.74. The summed E-state index contributed by atoms with van der Waals surface area (Å²) >= 11 is 2.06. The lowest BCUT2D eigenvalue weighted by atomic mass is 9.55. The zero-order valence-corrected chi connectivity index (χ0v) is 17.3. The van der Waals surface area contributed by atoms with Crippen LogP contribution in [0.2, 0.25) is 0 Å². The second kappa shape index (κ2) is 6.13. The highest BCUT2D eigenvalue weighted by atomic mass is 127. The van der Waals surface area contributed by atoms with Crippen molar-refractivity contribution in [2.75, 3.05) is 0 Å². The number of benzene rings is 2. The number of hydrogen-bond donors (Lipinski definition) is 0. The van der Waals surface area contributed by atoms with Gasteiger partial charge in [0.2, 0.25) is 0 Å². The quantitative estimate of drug-likeness (QED) is 0.306. The number of halogens is 1. The molecule has 0 unspecified atom stereocenters. The predicted molar refractivity (Wildman–Crippen MR) is 114 cm³/mol. The number of hydrogen-bond acceptors (Lipinski definition) is 4. The molecule has 0 radical (unpaired) electrons. The molecule has 5 nitrogen and oxygen atoms in total. The van der Waals surface area contributed by atoms with Crippen LogP contribution in [0.4, 0.5) is 0 Å². The third-order valence-corrected chi connectivity index (χ3v) is 6.90. The fraction of sp³-hybridized carbons (Fsp3) is 0.174. The van der Waals surface area contributed by atoms with Crippen molar-refractivity contribution in [3.8, 4) is 0 Å². The van der Waals surface area contributed by atoms with E-state index in [9.17, 15) is 9.59 Å². The van der Waals surface area contributed by atoms with E-state index in [-0.39, 0.29) is 23.7 Å². The first-order chi connectivity index (χ1) is 14.1. The van der Waals surface area contributed by atoms with Gasteiger partial charge < -0.3 is 4.42 Å². The summed E-state index contributed by atoms with van der Waals surface area (Å²) in [7, 11) is 0. The summed E-state index contributed by atoms with van der Waals surface area (Å²) < 4.78 is 6.20. The van der Waals surface area contributed by atoms with E-state index in [1.807, 2.05) is 30.3 Å². The highest BCUT2D eigenvalue weighted by Gasteiger charge is 2.61. The number of rotatable bonds is 2. The third kappa shape index (κ3) is 2.29. The summed E-state index contributed by atoms with van der Waals surface area (Å²) in [4.78, 5) is 26.7. The van der Waals surface area contributed by atoms with E-state index >= 15 is 0 Å². The Labute approximate surface area is 180 Å². The minimum Gasteiger partial charge on any atom is -0.449 e. The molecule has 2 aromatic carbocycles. The van der Waals surface area contributed by atoms with Crippen LogP contribution < -0.4 is 0 Å². The van der Waals surface area contributed by atoms with Gasteiger partial charge in [-0.3, -0.25) is 9.59 Å². The number of nitrogens with zero attached hydrogens (tertiary/aromatic N) is 2. The van der Waals surface area contributed by atoms with E-state index < -0.39 is 11.8 Å². The third-order valence-electron chi connectivity index (χ3n) is 6.32. The largest absolute Gasteiger partial charge is 0.449 e. The van der Waals surface area contributed by atoms with Crippen molar-refractivity contribution in [1.29, 1.82) is 0 Å². The monoisotopic (exact) mass is 494 g/mol. The van der Waals surface area contributed by atoms with Gasteiger partial charge >= 0.3 is 0 Å². The molecule has 0 saturated carbocycles. The van der Waals surface area contributed by atoms with E-state index in [1.165, 1.54) is 6.21 Å². The van der Waals surface area contributed by atoms with E-state index in [4.69, 9.17) is 4.42 Å². The Morgan fingerprint density at radius 2 is 1.28 bits per heavy atom. The van der Waals surface area contributed by atoms with E-state index in [1.54, 1.807) is 6.07 Å². The van der Waals surface area contributed by atoms with Gasteiger partial charge in [-0.15, -0.1) is 0 Å². The van der Waals surface area contributed by atoms with E-state index in [0.29, 0.717) is 5.76 Å². The topological polar surface area (TPSA) is 62.9 Å². The Morgan fingerprint density at radius 1 is 0.793 bits per heavy atom. The van der Waals surface area contributed by atoms with E-state index in [0.717, 1.165) is 31.0 Å². The molecular formula is C23H15IN2O3. The second-order valence-electron chi connectivity index (χ2n) is 7.64. The molecule has 0 spiro atoms. The Balaban J connectivity index is 1.47. The van der Waals surface area contributed by atoms with Gasteiger partial charge in [0.1, 0.15) is 5.76 Å². The number of amides is 2. The summed E-state index contributed by atoms with van der Waals surface area (Å²) in [5, 5.41) is 5.29. The van der Waals surface area contributed by atoms with Crippen LogP contribution in [0.25, 0.3) is 0 Å². The fourth-order valence-electron chi connectivity index (χ4n) is 5.29. The van der Waals surface area contributed by atoms with E-state index in [2.05, 4.69) is 52.0 Å². The molecule has 2 bridgehead atoms. The zero-order chi connectivity index (χ0) is 19.7. The standard InChI is InChI=1S/C23H15IN2O3/c24-17-10-9-12(29-17)11-25-26-22(27)20-18-13-5-1-2-6-14(13)19(21(20)23(26)28)16-8-4-3-7-15(16)18/h1-11,18-21H/b25-11-/t18?,19?,20-,21-/m1/s1. The smallest absolute Gasteiger partial charge is 0.254 e. The lowest BCUT2D eigenvalue weighted by Crippen LogP contribution is -2.41. The van der Waals surface area contributed by atoms with Gasteiger partial charge in [0.25, 0.3) is 11.8 Å². The molecular weight excluding hydrogens is 479 g/mol. The van der Waals surface area contributed by atoms with Gasteiger partial charge in [0.15, 0.2) is 3.77 Å². The van der Waals surface area contributed by atoms with Gasteiger partial charge in [0.05, 0.1) is 18.1 Å². The zero-order valence-electron chi connectivity index (χ0n) is 15.2. The lowest BCUT2D eigenvalue weighted by Gasteiger charge is -2.45. The summed E-state index contributed by atoms with van der Waals surface area (Å²) in [6, 6.07) is 20.0. The van der Waals surface area contributed by atoms with Crippen LogP contribution >= 0.6 is 22.6 Å². The lowest BCUT2D eigenvalue weighted by molar-refractivity contribution is -0.139. The van der Waals surface area contributed by atoms with Crippen LogP contribution in [0, 0.1) is 15.6 Å². The van der Waals surface area contributed by atoms with Gasteiger partial charge in [-0.05, 0) is 57.0 Å². The molecule has 2 atom stereocenters. The molecule has 1 fully saturated rings. The van der Waals surface area contributed by atoms with Crippen molar-refractivity contribution in [3.63, 3.8) is 0 Å². The first-order valence-electron chi connectivity index (χ1n) is 9.50. The predicted octanol–water partition coefficient (Wildman–Crippen LogP) is 4.11. The first kappa shape index (κ1) is 17.1. The highest BCUT2D eigenvalue weighted by molar-refractivity contribution is 14.1. The Kier molecular flexibility index (Phi) is 3.62. The molecule has 1 aliphatic heterocycles. The molecule has 3 aliphatic carbocycles. The summed E-state index contributed by atoms with van der Waals surface area (Å²) in [6.07, 6.45) is 1.44. The number of carbonyl (C=O) groups excluding carboxylic acids is 2. The number of imide groups is 1. The molecule has 142 valence electrons. The maximum atomic E-state index is 13.3. The molecule has 3 aromatic rings. The fourth-order valence-corrected chi connectivity index (χ4v) is 5.72. The minimum absolute atomic E-state index is 0.112. The maximum Gasteiger partial charge on any atom is 0.254 e. The van der Waals surface area contributed by atoms with Gasteiger partial charge in [-0.2, -0.15) is 10.1 Å². The average Bonchev–Trinajstić information content (AvgIpc) is 3.28. The van der Waals surface area contributed by atoms with Crippen molar-refractivity contribution in [2.24, 2.45) is 16.9 Å². The molecule has 1 saturated heterocycles. The van der Waals surface area contributed by atoms with Crippen LogP contribution in [0.5, 0.6) is 0 Å². The molecule has 2 amide bonds. The maximum absolute atomic E-state index is 13.3. The average molecular weight is 494 g/mol. The normalized spacial score (nSPS) is 26.7. The SMILES string of the molecule is O=C1[C@@H]2C3c4ccccc4C(c4ccccc43)[C@H]2C(=O)N1/N=C\c1ccc(I)o1. The highest BCUT2D eigenvalue weighted by Crippen LogP contribution is 2.60. The van der Waals surface area contributed by atoms with Crippen molar-refractivity contribution in [1.82, 2.24) is 5.01 Å².